The van der Waals surface area contributed by atoms with Gasteiger partial charge in [-0.2, -0.15) is 16.9 Å². The topological polar surface area (TPSA) is 85.6 Å². The summed E-state index contributed by atoms with van der Waals surface area (Å²) in [7, 11) is 1.29. The lowest BCUT2D eigenvalue weighted by molar-refractivity contribution is -0.142. The molecule has 0 aliphatic heterocycles. The van der Waals surface area contributed by atoms with E-state index in [0.717, 1.165) is 0 Å². The van der Waals surface area contributed by atoms with Gasteiger partial charge in [0.1, 0.15) is 6.04 Å². The van der Waals surface area contributed by atoms with Crippen LogP contribution in [0.4, 0.5) is 0 Å². The molecule has 0 saturated heterocycles. The van der Waals surface area contributed by atoms with Crippen LogP contribution in [0.3, 0.4) is 0 Å². The van der Waals surface area contributed by atoms with Gasteiger partial charge in [0, 0.05) is 23.8 Å². The van der Waals surface area contributed by atoms with Crippen molar-refractivity contribution in [3.63, 3.8) is 0 Å². The van der Waals surface area contributed by atoms with Gasteiger partial charge in [-0.05, 0) is 6.92 Å². The van der Waals surface area contributed by atoms with Crippen molar-refractivity contribution in [2.75, 3.05) is 18.6 Å². The van der Waals surface area contributed by atoms with Crippen LogP contribution in [-0.2, 0) is 9.53 Å². The van der Waals surface area contributed by atoms with Gasteiger partial charge in [-0.15, -0.1) is 6.58 Å². The summed E-state index contributed by atoms with van der Waals surface area (Å²) in [4.78, 5) is 28.5. The van der Waals surface area contributed by atoms with E-state index in [0.29, 0.717) is 28.4 Å². The number of hydrogen-bond acceptors (Lipinski definition) is 6. The number of esters is 1. The Hall–Kier alpha value is -2.35. The molecular formula is C15H18N4O3S. The van der Waals surface area contributed by atoms with E-state index in [-0.39, 0.29) is 5.91 Å². The van der Waals surface area contributed by atoms with Crippen molar-refractivity contribution in [3.8, 4) is 0 Å². The SMILES string of the molecule is C=CCSCC(NC(=O)c1cnc2ccnn2c1C)C(=O)OC. The van der Waals surface area contributed by atoms with Gasteiger partial charge < -0.3 is 10.1 Å². The maximum atomic E-state index is 12.5. The second-order valence-electron chi connectivity index (χ2n) is 4.73. The summed E-state index contributed by atoms with van der Waals surface area (Å²) >= 11 is 1.48. The van der Waals surface area contributed by atoms with E-state index >= 15 is 0 Å². The highest BCUT2D eigenvalue weighted by molar-refractivity contribution is 7.99. The third-order valence-electron chi connectivity index (χ3n) is 3.21. The molecule has 0 bridgehead atoms. The number of aryl methyl sites for hydroxylation is 1. The van der Waals surface area contributed by atoms with Crippen molar-refractivity contribution >= 4 is 29.3 Å². The van der Waals surface area contributed by atoms with Crippen molar-refractivity contribution < 1.29 is 14.3 Å². The molecule has 2 aromatic heterocycles. The number of nitrogens with zero attached hydrogens (tertiary/aromatic N) is 3. The first-order valence-electron chi connectivity index (χ1n) is 6.95. The summed E-state index contributed by atoms with van der Waals surface area (Å²) in [6.45, 7) is 5.40. The second kappa shape index (κ2) is 7.77. The van der Waals surface area contributed by atoms with Crippen molar-refractivity contribution in [1.29, 1.82) is 0 Å². The second-order valence-corrected chi connectivity index (χ2v) is 5.81. The van der Waals surface area contributed by atoms with Crippen LogP contribution in [0.15, 0.2) is 31.1 Å². The van der Waals surface area contributed by atoms with E-state index in [9.17, 15) is 9.59 Å². The molecule has 2 aromatic rings. The summed E-state index contributed by atoms with van der Waals surface area (Å²) in [5, 5.41) is 6.81. The number of hydrogen-bond donors (Lipinski definition) is 1. The third kappa shape index (κ3) is 3.89. The lowest BCUT2D eigenvalue weighted by Gasteiger charge is -2.16. The molecule has 0 fully saturated rings. The highest BCUT2D eigenvalue weighted by atomic mass is 32.2. The Morgan fingerprint density at radius 3 is 3.04 bits per heavy atom. The van der Waals surface area contributed by atoms with E-state index in [2.05, 4.69) is 22.0 Å². The number of methoxy groups -OCH3 is 1. The fourth-order valence-corrected chi connectivity index (χ4v) is 2.79. The van der Waals surface area contributed by atoms with E-state index in [1.807, 2.05) is 0 Å². The van der Waals surface area contributed by atoms with Gasteiger partial charge in [0.15, 0.2) is 5.65 Å². The zero-order chi connectivity index (χ0) is 16.8. The molecule has 2 heterocycles. The molecule has 1 atom stereocenters. The Morgan fingerprint density at radius 1 is 1.57 bits per heavy atom. The number of ether oxygens (including phenoxy) is 1. The van der Waals surface area contributed by atoms with Crippen LogP contribution < -0.4 is 5.32 Å². The third-order valence-corrected chi connectivity index (χ3v) is 4.25. The monoisotopic (exact) mass is 334 g/mol. The molecule has 0 saturated carbocycles. The Morgan fingerprint density at radius 2 is 2.35 bits per heavy atom. The Kier molecular flexibility index (Phi) is 5.75. The predicted octanol–water partition coefficient (Wildman–Crippen LogP) is 1.23. The molecule has 0 spiro atoms. The highest BCUT2D eigenvalue weighted by Crippen LogP contribution is 2.11. The van der Waals surface area contributed by atoms with Crippen molar-refractivity contribution in [2.24, 2.45) is 0 Å². The summed E-state index contributed by atoms with van der Waals surface area (Å²) < 4.78 is 6.32. The molecule has 0 aliphatic carbocycles. The Bertz CT molecular complexity index is 729. The average Bonchev–Trinajstić information content (AvgIpc) is 3.03. The number of carbonyl (C=O) groups excluding carboxylic acids is 2. The first-order chi connectivity index (χ1) is 11.1. The van der Waals surface area contributed by atoms with Crippen LogP contribution in [-0.4, -0.2) is 51.1 Å². The van der Waals surface area contributed by atoms with Crippen LogP contribution in [0.1, 0.15) is 16.1 Å². The van der Waals surface area contributed by atoms with Gasteiger partial charge in [-0.1, -0.05) is 6.08 Å². The smallest absolute Gasteiger partial charge is 0.329 e. The minimum Gasteiger partial charge on any atom is -0.467 e. The van der Waals surface area contributed by atoms with Gasteiger partial charge in [-0.3, -0.25) is 4.79 Å². The van der Waals surface area contributed by atoms with Crippen molar-refractivity contribution in [2.45, 2.75) is 13.0 Å². The van der Waals surface area contributed by atoms with E-state index in [4.69, 9.17) is 4.74 Å². The first kappa shape index (κ1) is 17.0. The molecular weight excluding hydrogens is 316 g/mol. The molecule has 7 nitrogen and oxygen atoms in total. The van der Waals surface area contributed by atoms with E-state index in [1.165, 1.54) is 25.1 Å². The molecule has 122 valence electrons. The van der Waals surface area contributed by atoms with Gasteiger partial charge in [-0.25, -0.2) is 14.3 Å². The largest absolute Gasteiger partial charge is 0.467 e. The van der Waals surface area contributed by atoms with Crippen LogP contribution >= 0.6 is 11.8 Å². The van der Waals surface area contributed by atoms with Crippen molar-refractivity contribution in [3.05, 3.63) is 42.4 Å². The van der Waals surface area contributed by atoms with E-state index in [1.54, 1.807) is 29.8 Å². The summed E-state index contributed by atoms with van der Waals surface area (Å²) in [5.41, 5.74) is 1.67. The van der Waals surface area contributed by atoms with Gasteiger partial charge in [0.25, 0.3) is 5.91 Å². The van der Waals surface area contributed by atoms with Gasteiger partial charge in [0.2, 0.25) is 0 Å². The van der Waals surface area contributed by atoms with Crippen LogP contribution in [0.5, 0.6) is 0 Å². The number of rotatable bonds is 7. The summed E-state index contributed by atoms with van der Waals surface area (Å²) in [5.74, 6) is 0.215. The minimum atomic E-state index is -0.731. The molecule has 1 unspecified atom stereocenters. The number of nitrogens with one attached hydrogen (secondary N) is 1. The van der Waals surface area contributed by atoms with Crippen LogP contribution in [0.25, 0.3) is 5.65 Å². The zero-order valence-corrected chi connectivity index (χ0v) is 13.8. The average molecular weight is 334 g/mol. The maximum Gasteiger partial charge on any atom is 0.329 e. The van der Waals surface area contributed by atoms with Gasteiger partial charge in [0.05, 0.1) is 24.6 Å². The molecule has 23 heavy (non-hydrogen) atoms. The number of carbonyl (C=O) groups is 2. The Labute approximate surface area is 138 Å². The van der Waals surface area contributed by atoms with Gasteiger partial charge >= 0.3 is 5.97 Å². The fourth-order valence-electron chi connectivity index (χ4n) is 2.03. The molecule has 0 aromatic carbocycles. The number of aromatic nitrogens is 3. The quantitative estimate of drug-likeness (QED) is 0.466. The minimum absolute atomic E-state index is 0.365. The molecule has 1 amide bonds. The number of amides is 1. The molecule has 1 N–H and O–H groups in total. The number of thioether (sulfide) groups is 1. The van der Waals surface area contributed by atoms with Crippen molar-refractivity contribution in [1.82, 2.24) is 19.9 Å². The predicted molar refractivity (Wildman–Crippen MR) is 88.5 cm³/mol. The molecule has 0 radical (unpaired) electrons. The van der Waals surface area contributed by atoms with E-state index < -0.39 is 12.0 Å². The zero-order valence-electron chi connectivity index (χ0n) is 13.0. The lowest BCUT2D eigenvalue weighted by atomic mass is 10.2. The summed E-state index contributed by atoms with van der Waals surface area (Å²) in [6.07, 6.45) is 4.83. The maximum absolute atomic E-state index is 12.5. The van der Waals surface area contributed by atoms with Crippen LogP contribution in [0.2, 0.25) is 0 Å². The molecule has 8 heteroatoms. The number of fused-ring (bicyclic) bond motifs is 1. The lowest BCUT2D eigenvalue weighted by Crippen LogP contribution is -2.43. The first-order valence-corrected chi connectivity index (χ1v) is 8.10. The summed E-state index contributed by atoms with van der Waals surface area (Å²) in [6, 6.07) is 1.02. The molecule has 0 aliphatic rings. The Balaban J connectivity index is 2.17. The normalized spacial score (nSPS) is 11.9. The van der Waals surface area contributed by atoms with Crippen LogP contribution in [0, 0.1) is 6.92 Å². The standard InChI is InChI=1S/C15H18N4O3S/c1-4-7-23-9-12(15(21)22-3)18-14(20)11-8-16-13-5-6-17-19(13)10(11)2/h4-6,8,12H,1,7,9H2,2-3H3,(H,18,20). The fraction of sp³-hybridized carbons (Fsp3) is 0.333. The molecule has 2 rings (SSSR count). The highest BCUT2D eigenvalue weighted by Gasteiger charge is 2.23.